The van der Waals surface area contributed by atoms with Crippen LogP contribution in [-0.2, 0) is 11.2 Å². The second-order valence-corrected chi connectivity index (χ2v) is 5.57. The molecule has 0 aromatic heterocycles. The molecule has 1 atom stereocenters. The SMILES string of the molecule is O=C(Cc1ccccc1F)NCCC1CNc2ccccc21. The normalized spacial score (nSPS) is 16.0. The zero-order valence-electron chi connectivity index (χ0n) is 12.3. The summed E-state index contributed by atoms with van der Waals surface area (Å²) in [7, 11) is 0. The zero-order valence-corrected chi connectivity index (χ0v) is 12.3. The first-order chi connectivity index (χ1) is 10.7. The molecular formula is C18H19FN2O. The predicted octanol–water partition coefficient (Wildman–Crippen LogP) is 3.08. The van der Waals surface area contributed by atoms with Crippen molar-refractivity contribution in [2.75, 3.05) is 18.4 Å². The Balaban J connectivity index is 1.48. The maximum Gasteiger partial charge on any atom is 0.224 e. The second kappa shape index (κ2) is 6.60. The van der Waals surface area contributed by atoms with Gasteiger partial charge in [0.15, 0.2) is 0 Å². The molecule has 1 heterocycles. The van der Waals surface area contributed by atoms with Gasteiger partial charge in [-0.3, -0.25) is 4.79 Å². The fraction of sp³-hybridized carbons (Fsp3) is 0.278. The minimum absolute atomic E-state index is 0.0895. The standard InChI is InChI=1S/C18H19FN2O/c19-16-7-3-1-5-13(16)11-18(22)20-10-9-14-12-21-17-8-4-2-6-15(14)17/h1-8,14,21H,9-12H2,(H,20,22). The molecule has 2 aromatic carbocycles. The van der Waals surface area contributed by atoms with E-state index in [1.54, 1.807) is 18.2 Å². The van der Waals surface area contributed by atoms with Crippen molar-refractivity contribution in [3.05, 3.63) is 65.5 Å². The average molecular weight is 298 g/mol. The molecule has 0 saturated carbocycles. The van der Waals surface area contributed by atoms with Gasteiger partial charge < -0.3 is 10.6 Å². The molecular weight excluding hydrogens is 279 g/mol. The Labute approximate surface area is 129 Å². The molecule has 0 aliphatic carbocycles. The number of carbonyl (C=O) groups is 1. The lowest BCUT2D eigenvalue weighted by Gasteiger charge is -2.11. The van der Waals surface area contributed by atoms with Crippen LogP contribution < -0.4 is 10.6 Å². The van der Waals surface area contributed by atoms with Crippen LogP contribution in [0.25, 0.3) is 0 Å². The van der Waals surface area contributed by atoms with Gasteiger partial charge in [0.25, 0.3) is 0 Å². The number of amides is 1. The third-order valence-electron chi connectivity index (χ3n) is 4.06. The summed E-state index contributed by atoms with van der Waals surface area (Å²) >= 11 is 0. The molecule has 0 radical (unpaired) electrons. The number of halogens is 1. The highest BCUT2D eigenvalue weighted by molar-refractivity contribution is 5.78. The van der Waals surface area contributed by atoms with Crippen LogP contribution in [0.1, 0.15) is 23.5 Å². The molecule has 1 aliphatic heterocycles. The maximum atomic E-state index is 13.5. The Bertz CT molecular complexity index is 672. The number of anilines is 1. The minimum Gasteiger partial charge on any atom is -0.384 e. The van der Waals surface area contributed by atoms with E-state index < -0.39 is 0 Å². The van der Waals surface area contributed by atoms with Crippen LogP contribution in [0.4, 0.5) is 10.1 Å². The first-order valence-electron chi connectivity index (χ1n) is 7.57. The summed E-state index contributed by atoms with van der Waals surface area (Å²) in [6.45, 7) is 1.51. The first kappa shape index (κ1) is 14.6. The maximum absolute atomic E-state index is 13.5. The molecule has 0 saturated heterocycles. The summed E-state index contributed by atoms with van der Waals surface area (Å²) in [5.41, 5.74) is 2.93. The number of para-hydroxylation sites is 1. The molecule has 114 valence electrons. The quantitative estimate of drug-likeness (QED) is 0.890. The highest BCUT2D eigenvalue weighted by atomic mass is 19.1. The van der Waals surface area contributed by atoms with E-state index in [-0.39, 0.29) is 18.1 Å². The summed E-state index contributed by atoms with van der Waals surface area (Å²) in [4.78, 5) is 11.9. The van der Waals surface area contributed by atoms with Crippen molar-refractivity contribution in [2.45, 2.75) is 18.8 Å². The number of carbonyl (C=O) groups excluding carboxylic acids is 1. The van der Waals surface area contributed by atoms with Crippen LogP contribution in [0, 0.1) is 5.82 Å². The lowest BCUT2D eigenvalue weighted by atomic mass is 9.98. The largest absolute Gasteiger partial charge is 0.384 e. The Hall–Kier alpha value is -2.36. The number of nitrogens with one attached hydrogen (secondary N) is 2. The van der Waals surface area contributed by atoms with Crippen molar-refractivity contribution in [3.8, 4) is 0 Å². The van der Waals surface area contributed by atoms with Gasteiger partial charge in [-0.05, 0) is 29.7 Å². The van der Waals surface area contributed by atoms with Crippen molar-refractivity contribution in [1.29, 1.82) is 0 Å². The molecule has 0 spiro atoms. The van der Waals surface area contributed by atoms with Crippen LogP contribution in [0.3, 0.4) is 0 Å². The van der Waals surface area contributed by atoms with Gasteiger partial charge in [-0.2, -0.15) is 0 Å². The van der Waals surface area contributed by atoms with E-state index in [1.807, 2.05) is 12.1 Å². The van der Waals surface area contributed by atoms with Crippen LogP contribution in [-0.4, -0.2) is 19.0 Å². The van der Waals surface area contributed by atoms with Gasteiger partial charge in [-0.1, -0.05) is 36.4 Å². The molecule has 3 rings (SSSR count). The van der Waals surface area contributed by atoms with Crippen LogP contribution in [0.5, 0.6) is 0 Å². The molecule has 0 fully saturated rings. The summed E-state index contributed by atoms with van der Waals surface area (Å²) < 4.78 is 13.5. The Morgan fingerprint density at radius 1 is 1.18 bits per heavy atom. The minimum atomic E-state index is -0.327. The fourth-order valence-electron chi connectivity index (χ4n) is 2.88. The lowest BCUT2D eigenvalue weighted by molar-refractivity contribution is -0.120. The number of hydrogen-bond acceptors (Lipinski definition) is 2. The van der Waals surface area contributed by atoms with E-state index in [0.717, 1.165) is 13.0 Å². The van der Waals surface area contributed by atoms with Gasteiger partial charge in [-0.15, -0.1) is 0 Å². The molecule has 2 aromatic rings. The number of benzene rings is 2. The fourth-order valence-corrected chi connectivity index (χ4v) is 2.88. The summed E-state index contributed by atoms with van der Waals surface area (Å²) in [5, 5.41) is 6.26. The van der Waals surface area contributed by atoms with E-state index >= 15 is 0 Å². The summed E-state index contributed by atoms with van der Waals surface area (Å²) in [5.74, 6) is -0.0409. The number of rotatable bonds is 5. The highest BCUT2D eigenvalue weighted by Gasteiger charge is 2.21. The Morgan fingerprint density at radius 2 is 1.95 bits per heavy atom. The number of hydrogen-bond donors (Lipinski definition) is 2. The second-order valence-electron chi connectivity index (χ2n) is 5.57. The molecule has 1 aliphatic rings. The summed E-state index contributed by atoms with van der Waals surface area (Å²) in [6, 6.07) is 14.6. The third kappa shape index (κ3) is 3.27. The van der Waals surface area contributed by atoms with E-state index in [4.69, 9.17) is 0 Å². The van der Waals surface area contributed by atoms with E-state index in [2.05, 4.69) is 22.8 Å². The Morgan fingerprint density at radius 3 is 2.82 bits per heavy atom. The van der Waals surface area contributed by atoms with Gasteiger partial charge in [0.1, 0.15) is 5.82 Å². The van der Waals surface area contributed by atoms with Gasteiger partial charge in [0.05, 0.1) is 6.42 Å². The lowest BCUT2D eigenvalue weighted by Crippen LogP contribution is -2.27. The molecule has 2 N–H and O–H groups in total. The molecule has 22 heavy (non-hydrogen) atoms. The van der Waals surface area contributed by atoms with Crippen molar-refractivity contribution in [1.82, 2.24) is 5.32 Å². The van der Waals surface area contributed by atoms with Crippen LogP contribution >= 0.6 is 0 Å². The van der Waals surface area contributed by atoms with E-state index in [1.165, 1.54) is 17.3 Å². The molecule has 0 bridgehead atoms. The topological polar surface area (TPSA) is 41.1 Å². The predicted molar refractivity (Wildman–Crippen MR) is 85.4 cm³/mol. The average Bonchev–Trinajstić information content (AvgIpc) is 2.93. The molecule has 3 nitrogen and oxygen atoms in total. The smallest absolute Gasteiger partial charge is 0.224 e. The molecule has 4 heteroatoms. The first-order valence-corrected chi connectivity index (χ1v) is 7.57. The van der Waals surface area contributed by atoms with Crippen molar-refractivity contribution in [2.24, 2.45) is 0 Å². The van der Waals surface area contributed by atoms with Crippen LogP contribution in [0.15, 0.2) is 48.5 Å². The van der Waals surface area contributed by atoms with Crippen LogP contribution in [0.2, 0.25) is 0 Å². The van der Waals surface area contributed by atoms with Gasteiger partial charge in [-0.25, -0.2) is 4.39 Å². The van der Waals surface area contributed by atoms with E-state index in [9.17, 15) is 9.18 Å². The van der Waals surface area contributed by atoms with Crippen molar-refractivity contribution >= 4 is 11.6 Å². The summed E-state index contributed by atoms with van der Waals surface area (Å²) in [6.07, 6.45) is 0.971. The Kier molecular flexibility index (Phi) is 4.37. The highest BCUT2D eigenvalue weighted by Crippen LogP contribution is 2.32. The van der Waals surface area contributed by atoms with Gasteiger partial charge in [0.2, 0.25) is 5.91 Å². The molecule has 1 amide bonds. The van der Waals surface area contributed by atoms with E-state index in [0.29, 0.717) is 18.0 Å². The molecule has 1 unspecified atom stereocenters. The van der Waals surface area contributed by atoms with Crippen molar-refractivity contribution in [3.63, 3.8) is 0 Å². The van der Waals surface area contributed by atoms with Gasteiger partial charge in [0, 0.05) is 24.7 Å². The van der Waals surface area contributed by atoms with Crippen molar-refractivity contribution < 1.29 is 9.18 Å². The number of fused-ring (bicyclic) bond motifs is 1. The van der Waals surface area contributed by atoms with Gasteiger partial charge >= 0.3 is 0 Å². The third-order valence-corrected chi connectivity index (χ3v) is 4.06. The monoisotopic (exact) mass is 298 g/mol. The zero-order chi connectivity index (χ0) is 15.4.